The van der Waals surface area contributed by atoms with Gasteiger partial charge in [-0.05, 0) is 38.5 Å². The number of alkyl halides is 3. The standard InChI is InChI=1S/C13H19F3N2O/c1-2-18-8-10(7-17-18)12(19)9-3-5-11(6-4-9)13(14,15)16/h7-9,11-12,19H,2-6H2,1H3. The Balaban J connectivity index is 1.94. The van der Waals surface area contributed by atoms with E-state index in [0.717, 1.165) is 0 Å². The summed E-state index contributed by atoms with van der Waals surface area (Å²) in [4.78, 5) is 0. The van der Waals surface area contributed by atoms with Crippen molar-refractivity contribution in [2.75, 3.05) is 0 Å². The van der Waals surface area contributed by atoms with Crippen molar-refractivity contribution in [1.29, 1.82) is 0 Å². The fourth-order valence-corrected chi connectivity index (χ4v) is 2.74. The van der Waals surface area contributed by atoms with Crippen LogP contribution >= 0.6 is 0 Å². The van der Waals surface area contributed by atoms with E-state index < -0.39 is 18.2 Å². The van der Waals surface area contributed by atoms with Crippen molar-refractivity contribution in [3.63, 3.8) is 0 Å². The average molecular weight is 276 g/mol. The minimum absolute atomic E-state index is 0.0897. The van der Waals surface area contributed by atoms with Gasteiger partial charge in [-0.2, -0.15) is 18.3 Å². The van der Waals surface area contributed by atoms with Gasteiger partial charge in [0.05, 0.1) is 18.2 Å². The predicted molar refractivity (Wildman–Crippen MR) is 64.4 cm³/mol. The Bertz CT molecular complexity index is 408. The summed E-state index contributed by atoms with van der Waals surface area (Å²) in [5.41, 5.74) is 0.706. The first-order chi connectivity index (χ1) is 8.91. The van der Waals surface area contributed by atoms with E-state index in [1.165, 1.54) is 0 Å². The highest BCUT2D eigenvalue weighted by Crippen LogP contribution is 2.42. The van der Waals surface area contributed by atoms with Crippen LogP contribution in [0.2, 0.25) is 0 Å². The second-order valence-electron chi connectivity index (χ2n) is 5.23. The lowest BCUT2D eigenvalue weighted by atomic mass is 9.78. The van der Waals surface area contributed by atoms with E-state index in [2.05, 4.69) is 5.10 Å². The molecule has 1 fully saturated rings. The number of rotatable bonds is 3. The maximum atomic E-state index is 12.6. The number of aromatic nitrogens is 2. The molecule has 1 atom stereocenters. The van der Waals surface area contributed by atoms with Crippen LogP contribution in [0, 0.1) is 11.8 Å². The van der Waals surface area contributed by atoms with Crippen LogP contribution in [0.1, 0.15) is 44.3 Å². The minimum atomic E-state index is -4.09. The zero-order chi connectivity index (χ0) is 14.0. The van der Waals surface area contributed by atoms with Crippen molar-refractivity contribution >= 4 is 0 Å². The molecule has 1 aliphatic carbocycles. The van der Waals surface area contributed by atoms with E-state index in [4.69, 9.17) is 0 Å². The zero-order valence-corrected chi connectivity index (χ0v) is 10.9. The van der Waals surface area contributed by atoms with Crippen molar-refractivity contribution in [2.45, 2.75) is 51.4 Å². The smallest absolute Gasteiger partial charge is 0.388 e. The highest BCUT2D eigenvalue weighted by atomic mass is 19.4. The first-order valence-corrected chi connectivity index (χ1v) is 6.69. The van der Waals surface area contributed by atoms with Gasteiger partial charge in [-0.25, -0.2) is 0 Å². The lowest BCUT2D eigenvalue weighted by Crippen LogP contribution is -2.29. The number of nitrogens with zero attached hydrogens (tertiary/aromatic N) is 2. The molecule has 1 saturated carbocycles. The Morgan fingerprint density at radius 3 is 2.47 bits per heavy atom. The lowest BCUT2D eigenvalue weighted by Gasteiger charge is -2.32. The van der Waals surface area contributed by atoms with Gasteiger partial charge in [0.25, 0.3) is 0 Å². The lowest BCUT2D eigenvalue weighted by molar-refractivity contribution is -0.185. The maximum absolute atomic E-state index is 12.6. The summed E-state index contributed by atoms with van der Waals surface area (Å²) in [7, 11) is 0. The van der Waals surface area contributed by atoms with Gasteiger partial charge in [0, 0.05) is 18.3 Å². The van der Waals surface area contributed by atoms with Crippen LogP contribution in [0.15, 0.2) is 12.4 Å². The van der Waals surface area contributed by atoms with Crippen LogP contribution in [0.3, 0.4) is 0 Å². The summed E-state index contributed by atoms with van der Waals surface area (Å²) in [6.07, 6.45) is -0.353. The van der Waals surface area contributed by atoms with Crippen molar-refractivity contribution in [3.05, 3.63) is 18.0 Å². The Labute approximate surface area is 110 Å². The third-order valence-electron chi connectivity index (χ3n) is 4.00. The molecular formula is C13H19F3N2O. The summed E-state index contributed by atoms with van der Waals surface area (Å²) in [5, 5.41) is 14.3. The van der Waals surface area contributed by atoms with Crippen molar-refractivity contribution < 1.29 is 18.3 Å². The molecule has 108 valence electrons. The van der Waals surface area contributed by atoms with E-state index in [1.54, 1.807) is 17.1 Å². The Kier molecular flexibility index (Phi) is 4.18. The van der Waals surface area contributed by atoms with Gasteiger partial charge in [0.1, 0.15) is 0 Å². The molecule has 0 aliphatic heterocycles. The second kappa shape index (κ2) is 5.53. The molecule has 1 aromatic heterocycles. The number of halogens is 3. The minimum Gasteiger partial charge on any atom is -0.388 e. The van der Waals surface area contributed by atoms with E-state index >= 15 is 0 Å². The fourth-order valence-electron chi connectivity index (χ4n) is 2.74. The Morgan fingerprint density at radius 1 is 1.37 bits per heavy atom. The molecule has 0 aromatic carbocycles. The molecule has 1 aliphatic rings. The van der Waals surface area contributed by atoms with Crippen molar-refractivity contribution in [2.24, 2.45) is 11.8 Å². The van der Waals surface area contributed by atoms with Crippen LogP contribution in [0.25, 0.3) is 0 Å². The topological polar surface area (TPSA) is 38.0 Å². The van der Waals surface area contributed by atoms with E-state index in [-0.39, 0.29) is 18.8 Å². The van der Waals surface area contributed by atoms with Gasteiger partial charge in [-0.15, -0.1) is 0 Å². The molecule has 1 aromatic rings. The van der Waals surface area contributed by atoms with Crippen LogP contribution in [0.4, 0.5) is 13.2 Å². The zero-order valence-electron chi connectivity index (χ0n) is 10.9. The molecule has 0 bridgehead atoms. The summed E-state index contributed by atoms with van der Waals surface area (Å²) < 4.78 is 39.4. The number of aliphatic hydroxyl groups is 1. The second-order valence-corrected chi connectivity index (χ2v) is 5.23. The molecule has 19 heavy (non-hydrogen) atoms. The fraction of sp³-hybridized carbons (Fsp3) is 0.769. The average Bonchev–Trinajstić information content (AvgIpc) is 2.86. The summed E-state index contributed by atoms with van der Waals surface area (Å²) in [5.74, 6) is -1.29. The Hall–Kier alpha value is -1.04. The summed E-state index contributed by atoms with van der Waals surface area (Å²) in [6.45, 7) is 2.66. The van der Waals surface area contributed by atoms with Crippen LogP contribution in [-0.4, -0.2) is 21.1 Å². The molecule has 0 amide bonds. The number of aliphatic hydroxyl groups excluding tert-OH is 1. The molecule has 6 heteroatoms. The van der Waals surface area contributed by atoms with Crippen molar-refractivity contribution in [3.8, 4) is 0 Å². The largest absolute Gasteiger partial charge is 0.391 e. The number of aryl methyl sites for hydroxylation is 1. The van der Waals surface area contributed by atoms with Gasteiger partial charge in [0.15, 0.2) is 0 Å². The van der Waals surface area contributed by atoms with Crippen LogP contribution in [0.5, 0.6) is 0 Å². The molecule has 0 saturated heterocycles. The highest BCUT2D eigenvalue weighted by molar-refractivity contribution is 5.09. The summed E-state index contributed by atoms with van der Waals surface area (Å²) in [6, 6.07) is 0. The van der Waals surface area contributed by atoms with E-state index in [0.29, 0.717) is 24.9 Å². The molecular weight excluding hydrogens is 257 g/mol. The van der Waals surface area contributed by atoms with Gasteiger partial charge >= 0.3 is 6.18 Å². The first-order valence-electron chi connectivity index (χ1n) is 6.69. The molecule has 1 N–H and O–H groups in total. The molecule has 1 unspecified atom stereocenters. The van der Waals surface area contributed by atoms with Gasteiger partial charge in [0.2, 0.25) is 0 Å². The van der Waals surface area contributed by atoms with Crippen LogP contribution < -0.4 is 0 Å². The quantitative estimate of drug-likeness (QED) is 0.919. The van der Waals surface area contributed by atoms with Crippen molar-refractivity contribution in [1.82, 2.24) is 9.78 Å². The maximum Gasteiger partial charge on any atom is 0.391 e. The van der Waals surface area contributed by atoms with E-state index in [1.807, 2.05) is 6.92 Å². The van der Waals surface area contributed by atoms with Gasteiger partial charge < -0.3 is 5.11 Å². The molecule has 1 heterocycles. The van der Waals surface area contributed by atoms with E-state index in [9.17, 15) is 18.3 Å². The third-order valence-corrected chi connectivity index (χ3v) is 4.00. The van der Waals surface area contributed by atoms with Gasteiger partial charge in [-0.3, -0.25) is 4.68 Å². The monoisotopic (exact) mass is 276 g/mol. The highest BCUT2D eigenvalue weighted by Gasteiger charge is 2.42. The SMILES string of the molecule is CCn1cc(C(O)C2CCC(C(F)(F)F)CC2)cn1. The summed E-state index contributed by atoms with van der Waals surface area (Å²) >= 11 is 0. The normalized spacial score (nSPS) is 26.4. The predicted octanol–water partition coefficient (Wildman–Crippen LogP) is 3.31. The molecule has 3 nitrogen and oxygen atoms in total. The first kappa shape index (κ1) is 14.4. The molecule has 2 rings (SSSR count). The Morgan fingerprint density at radius 2 is 2.00 bits per heavy atom. The van der Waals surface area contributed by atoms with Gasteiger partial charge in [-0.1, -0.05) is 0 Å². The van der Waals surface area contributed by atoms with Crippen LogP contribution in [-0.2, 0) is 6.54 Å². The third kappa shape index (κ3) is 3.29. The number of hydrogen-bond acceptors (Lipinski definition) is 2. The number of hydrogen-bond donors (Lipinski definition) is 1. The molecule has 0 radical (unpaired) electrons. The molecule has 0 spiro atoms.